The van der Waals surface area contributed by atoms with Gasteiger partial charge in [-0.15, -0.1) is 11.3 Å². The Morgan fingerprint density at radius 1 is 1.18 bits per heavy atom. The molecule has 0 spiro atoms. The van der Waals surface area contributed by atoms with Crippen LogP contribution in [0.2, 0.25) is 0 Å². The summed E-state index contributed by atoms with van der Waals surface area (Å²) in [6.07, 6.45) is -2.40. The molecule has 0 aliphatic carbocycles. The van der Waals surface area contributed by atoms with Gasteiger partial charge in [0.1, 0.15) is 4.88 Å². The van der Waals surface area contributed by atoms with Gasteiger partial charge >= 0.3 is 6.18 Å². The molecular formula is C20H17F3N2O2S. The number of piperidine rings is 1. The van der Waals surface area contributed by atoms with E-state index < -0.39 is 18.0 Å². The third-order valence-electron chi connectivity index (χ3n) is 4.77. The molecule has 1 aliphatic rings. The summed E-state index contributed by atoms with van der Waals surface area (Å²) in [6, 6.07) is 12.6. The van der Waals surface area contributed by atoms with E-state index in [1.807, 2.05) is 30.3 Å². The van der Waals surface area contributed by atoms with Crippen molar-refractivity contribution in [1.82, 2.24) is 9.88 Å². The molecule has 1 aliphatic heterocycles. The molecule has 1 aromatic carbocycles. The van der Waals surface area contributed by atoms with E-state index in [0.29, 0.717) is 34.3 Å². The molecule has 1 fully saturated rings. The van der Waals surface area contributed by atoms with Crippen molar-refractivity contribution in [2.24, 2.45) is 5.92 Å². The monoisotopic (exact) mass is 406 g/mol. The summed E-state index contributed by atoms with van der Waals surface area (Å²) in [5.74, 6) is -1.38. The number of furan rings is 1. The summed E-state index contributed by atoms with van der Waals surface area (Å²) >= 11 is 1.15. The van der Waals surface area contributed by atoms with Crippen molar-refractivity contribution in [1.29, 1.82) is 0 Å². The van der Waals surface area contributed by atoms with Gasteiger partial charge in [0.15, 0.2) is 10.8 Å². The molecule has 0 radical (unpaired) electrons. The normalized spacial score (nSPS) is 17.7. The maximum absolute atomic E-state index is 13.2. The lowest BCUT2D eigenvalue weighted by molar-refractivity contribution is -0.184. The number of likely N-dealkylation sites (tertiary alicyclic amines) is 1. The zero-order chi connectivity index (χ0) is 19.7. The first-order valence-electron chi connectivity index (χ1n) is 8.89. The Kier molecular flexibility index (Phi) is 4.97. The van der Waals surface area contributed by atoms with Crippen molar-refractivity contribution in [3.8, 4) is 22.0 Å². The maximum Gasteiger partial charge on any atom is 0.393 e. The van der Waals surface area contributed by atoms with Gasteiger partial charge in [-0.2, -0.15) is 13.2 Å². The van der Waals surface area contributed by atoms with Crippen LogP contribution in [0.1, 0.15) is 22.5 Å². The van der Waals surface area contributed by atoms with E-state index in [1.165, 1.54) is 11.2 Å². The molecule has 28 heavy (non-hydrogen) atoms. The first kappa shape index (κ1) is 18.7. The molecule has 4 nitrogen and oxygen atoms in total. The maximum atomic E-state index is 13.2. The summed E-state index contributed by atoms with van der Waals surface area (Å²) in [5, 5.41) is 0.525. The van der Waals surface area contributed by atoms with Crippen molar-refractivity contribution in [3.05, 3.63) is 53.6 Å². The lowest BCUT2D eigenvalue weighted by atomic mass is 9.97. The Balaban J connectivity index is 1.70. The standard InChI is InChI=1S/C20H17F3N2O2S/c21-20(22,23)14-8-4-10-25(12-14)19(26)17-16(13-6-2-1-3-7-13)24-18(28-17)15-9-5-11-27-15/h1-3,5-7,9,11,14H,4,8,10,12H2/t14-/m0/s1. The fraction of sp³-hybridized carbons (Fsp3) is 0.300. The predicted octanol–water partition coefficient (Wildman–Crippen LogP) is 5.48. The summed E-state index contributed by atoms with van der Waals surface area (Å²) in [5.41, 5.74) is 1.21. The molecule has 1 atom stereocenters. The highest BCUT2D eigenvalue weighted by molar-refractivity contribution is 7.17. The summed E-state index contributed by atoms with van der Waals surface area (Å²) in [7, 11) is 0. The Bertz CT molecular complexity index is 952. The number of carbonyl (C=O) groups excluding carboxylic acids is 1. The van der Waals surface area contributed by atoms with Gasteiger partial charge in [0, 0.05) is 18.7 Å². The van der Waals surface area contributed by atoms with Crippen LogP contribution in [0.3, 0.4) is 0 Å². The molecule has 0 unspecified atom stereocenters. The number of benzene rings is 1. The van der Waals surface area contributed by atoms with E-state index in [4.69, 9.17) is 4.42 Å². The highest BCUT2D eigenvalue weighted by Crippen LogP contribution is 2.37. The van der Waals surface area contributed by atoms with Crippen LogP contribution in [-0.2, 0) is 0 Å². The minimum atomic E-state index is -4.30. The van der Waals surface area contributed by atoms with Crippen molar-refractivity contribution in [3.63, 3.8) is 0 Å². The Hall–Kier alpha value is -2.61. The number of amides is 1. The topological polar surface area (TPSA) is 46.3 Å². The predicted molar refractivity (Wildman–Crippen MR) is 99.9 cm³/mol. The number of rotatable bonds is 3. The molecule has 1 amide bonds. The molecule has 3 heterocycles. The molecule has 0 saturated carbocycles. The quantitative estimate of drug-likeness (QED) is 0.578. The number of halogens is 3. The van der Waals surface area contributed by atoms with Gasteiger partial charge in [-0.25, -0.2) is 4.98 Å². The Morgan fingerprint density at radius 2 is 1.96 bits per heavy atom. The molecule has 8 heteroatoms. The van der Waals surface area contributed by atoms with Crippen LogP contribution < -0.4 is 0 Å². The third-order valence-corrected chi connectivity index (χ3v) is 5.83. The van der Waals surface area contributed by atoms with Crippen LogP contribution in [0.25, 0.3) is 22.0 Å². The van der Waals surface area contributed by atoms with E-state index in [1.54, 1.807) is 12.1 Å². The van der Waals surface area contributed by atoms with Crippen LogP contribution in [0.15, 0.2) is 53.1 Å². The summed E-state index contributed by atoms with van der Waals surface area (Å²) < 4.78 is 44.8. The molecule has 0 bridgehead atoms. The van der Waals surface area contributed by atoms with Gasteiger partial charge in [0.25, 0.3) is 5.91 Å². The molecule has 2 aromatic heterocycles. The van der Waals surface area contributed by atoms with Gasteiger partial charge in [-0.3, -0.25) is 4.79 Å². The average Bonchev–Trinajstić information content (AvgIpc) is 3.37. The molecular weight excluding hydrogens is 389 g/mol. The minimum Gasteiger partial charge on any atom is -0.462 e. The summed E-state index contributed by atoms with van der Waals surface area (Å²) in [6.45, 7) is -0.00181. The van der Waals surface area contributed by atoms with E-state index in [9.17, 15) is 18.0 Å². The number of thiazole rings is 1. The zero-order valence-electron chi connectivity index (χ0n) is 14.8. The lowest BCUT2D eigenvalue weighted by Crippen LogP contribution is -2.44. The second-order valence-electron chi connectivity index (χ2n) is 6.67. The Labute approximate surface area is 163 Å². The van der Waals surface area contributed by atoms with Crippen molar-refractivity contribution in [2.75, 3.05) is 13.1 Å². The van der Waals surface area contributed by atoms with Gasteiger partial charge in [-0.05, 0) is 25.0 Å². The molecule has 1 saturated heterocycles. The van der Waals surface area contributed by atoms with Crippen molar-refractivity contribution in [2.45, 2.75) is 19.0 Å². The van der Waals surface area contributed by atoms with Crippen LogP contribution in [0.4, 0.5) is 13.2 Å². The second-order valence-corrected chi connectivity index (χ2v) is 7.67. The van der Waals surface area contributed by atoms with E-state index in [-0.39, 0.29) is 13.0 Å². The average molecular weight is 406 g/mol. The number of nitrogens with zero attached hydrogens (tertiary/aromatic N) is 2. The molecule has 146 valence electrons. The van der Waals surface area contributed by atoms with Crippen molar-refractivity contribution < 1.29 is 22.4 Å². The number of alkyl halides is 3. The van der Waals surface area contributed by atoms with Crippen LogP contribution in [0.5, 0.6) is 0 Å². The molecule has 0 N–H and O–H groups in total. The summed E-state index contributed by atoms with van der Waals surface area (Å²) in [4.78, 5) is 19.3. The smallest absolute Gasteiger partial charge is 0.393 e. The van der Waals surface area contributed by atoms with Crippen LogP contribution in [-0.4, -0.2) is 35.1 Å². The van der Waals surface area contributed by atoms with Crippen LogP contribution >= 0.6 is 11.3 Å². The first-order chi connectivity index (χ1) is 13.4. The van der Waals surface area contributed by atoms with Crippen molar-refractivity contribution >= 4 is 17.2 Å². The van der Waals surface area contributed by atoms with Gasteiger partial charge in [0.05, 0.1) is 17.9 Å². The number of hydrogen-bond acceptors (Lipinski definition) is 4. The fourth-order valence-corrected chi connectivity index (χ4v) is 4.36. The van der Waals surface area contributed by atoms with E-state index in [0.717, 1.165) is 16.9 Å². The van der Waals surface area contributed by atoms with Crippen LogP contribution in [0, 0.1) is 5.92 Å². The van der Waals surface area contributed by atoms with E-state index in [2.05, 4.69) is 4.98 Å². The van der Waals surface area contributed by atoms with E-state index >= 15 is 0 Å². The zero-order valence-corrected chi connectivity index (χ0v) is 15.6. The highest BCUT2D eigenvalue weighted by Gasteiger charge is 2.43. The number of carbonyl (C=O) groups is 1. The lowest BCUT2D eigenvalue weighted by Gasteiger charge is -2.33. The Morgan fingerprint density at radius 3 is 2.64 bits per heavy atom. The number of aromatic nitrogens is 1. The van der Waals surface area contributed by atoms with Gasteiger partial charge in [0.2, 0.25) is 0 Å². The fourth-order valence-electron chi connectivity index (χ4n) is 3.33. The third kappa shape index (κ3) is 3.69. The minimum absolute atomic E-state index is 0.0547. The molecule has 4 rings (SSSR count). The second kappa shape index (κ2) is 7.43. The van der Waals surface area contributed by atoms with Gasteiger partial charge < -0.3 is 9.32 Å². The number of hydrogen-bond donors (Lipinski definition) is 0. The largest absolute Gasteiger partial charge is 0.462 e. The first-order valence-corrected chi connectivity index (χ1v) is 9.71. The van der Waals surface area contributed by atoms with Gasteiger partial charge in [-0.1, -0.05) is 30.3 Å². The molecule has 3 aromatic rings. The SMILES string of the molecule is O=C(c1sc(-c2ccco2)nc1-c1ccccc1)N1CCC[C@H](C(F)(F)F)C1. The highest BCUT2D eigenvalue weighted by atomic mass is 32.1.